The van der Waals surface area contributed by atoms with Gasteiger partial charge in [0.2, 0.25) is 17.6 Å². The van der Waals surface area contributed by atoms with Crippen molar-refractivity contribution in [3.8, 4) is 11.9 Å². The van der Waals surface area contributed by atoms with Crippen molar-refractivity contribution in [2.75, 3.05) is 6.61 Å². The van der Waals surface area contributed by atoms with Gasteiger partial charge in [0.1, 0.15) is 17.5 Å². The summed E-state index contributed by atoms with van der Waals surface area (Å²) in [5.74, 6) is -1.77. The summed E-state index contributed by atoms with van der Waals surface area (Å²) >= 11 is 0. The minimum absolute atomic E-state index is 0.0547. The van der Waals surface area contributed by atoms with Gasteiger partial charge in [-0.1, -0.05) is 12.1 Å². The van der Waals surface area contributed by atoms with E-state index in [1.165, 1.54) is 24.3 Å². The smallest absolute Gasteiger partial charge is 0.374 e. The molecule has 1 atom stereocenters. The van der Waals surface area contributed by atoms with Gasteiger partial charge in [0, 0.05) is 0 Å². The van der Waals surface area contributed by atoms with Gasteiger partial charge in [-0.3, -0.25) is 0 Å². The van der Waals surface area contributed by atoms with Crippen molar-refractivity contribution in [2.24, 2.45) is 5.73 Å². The van der Waals surface area contributed by atoms with Gasteiger partial charge in [-0.2, -0.15) is 10.2 Å². The lowest BCUT2D eigenvalue weighted by Crippen LogP contribution is -2.21. The Kier molecular flexibility index (Phi) is 3.92. The highest BCUT2D eigenvalue weighted by molar-refractivity contribution is 5.85. The largest absolute Gasteiger partial charge is 0.460 e. The highest BCUT2D eigenvalue weighted by atomic mass is 19.1. The maximum absolute atomic E-state index is 13.2. The molecular formula is C16H13FN4O3. The number of ether oxygens (including phenoxy) is 2. The number of carbonyl (C=O) groups excluding carboxylic acids is 1. The summed E-state index contributed by atoms with van der Waals surface area (Å²) in [6.07, 6.45) is 0. The van der Waals surface area contributed by atoms with Crippen LogP contribution >= 0.6 is 0 Å². The Labute approximate surface area is 136 Å². The fourth-order valence-electron chi connectivity index (χ4n) is 2.49. The zero-order valence-corrected chi connectivity index (χ0v) is 12.7. The molecule has 0 aliphatic carbocycles. The second-order valence-corrected chi connectivity index (χ2v) is 5.00. The minimum Gasteiger partial charge on any atom is -0.460 e. The number of nitrogens with zero attached hydrogens (tertiary/aromatic N) is 2. The molecule has 1 aromatic heterocycles. The number of aromatic nitrogens is 2. The van der Waals surface area contributed by atoms with E-state index in [9.17, 15) is 14.4 Å². The summed E-state index contributed by atoms with van der Waals surface area (Å²) in [6, 6.07) is 7.61. The molecule has 122 valence electrons. The molecule has 0 amide bonds. The van der Waals surface area contributed by atoms with E-state index in [1.54, 1.807) is 6.92 Å². The third-order valence-electron chi connectivity index (χ3n) is 3.54. The first-order chi connectivity index (χ1) is 11.5. The lowest BCUT2D eigenvalue weighted by molar-refractivity contribution is 0.0512. The van der Waals surface area contributed by atoms with Crippen LogP contribution in [0.1, 0.15) is 34.7 Å². The van der Waals surface area contributed by atoms with E-state index < -0.39 is 17.7 Å². The number of esters is 1. The first kappa shape index (κ1) is 15.6. The molecule has 24 heavy (non-hydrogen) atoms. The minimum atomic E-state index is -0.648. The second kappa shape index (κ2) is 6.04. The predicted octanol–water partition coefficient (Wildman–Crippen LogP) is 1.94. The van der Waals surface area contributed by atoms with Gasteiger partial charge in [-0.15, -0.1) is 0 Å². The van der Waals surface area contributed by atoms with Crippen LogP contribution in [0.5, 0.6) is 5.88 Å². The molecule has 0 radical (unpaired) electrons. The van der Waals surface area contributed by atoms with Crippen molar-refractivity contribution >= 4 is 5.97 Å². The Morgan fingerprint density at radius 1 is 1.50 bits per heavy atom. The predicted molar refractivity (Wildman–Crippen MR) is 80.2 cm³/mol. The number of hydrogen-bond acceptors (Lipinski definition) is 6. The van der Waals surface area contributed by atoms with Crippen molar-refractivity contribution in [3.05, 3.63) is 58.6 Å². The highest BCUT2D eigenvalue weighted by Gasteiger charge is 2.34. The average molecular weight is 328 g/mol. The molecule has 0 unspecified atom stereocenters. The Morgan fingerprint density at radius 3 is 2.83 bits per heavy atom. The Balaban J connectivity index is 2.11. The van der Waals surface area contributed by atoms with Crippen LogP contribution in [0.15, 0.2) is 35.7 Å². The van der Waals surface area contributed by atoms with Gasteiger partial charge in [-0.05, 0) is 24.6 Å². The van der Waals surface area contributed by atoms with Crippen LogP contribution in [0, 0.1) is 17.1 Å². The number of fused-ring (bicyclic) bond motifs is 1. The monoisotopic (exact) mass is 328 g/mol. The van der Waals surface area contributed by atoms with Crippen molar-refractivity contribution in [1.29, 1.82) is 5.26 Å². The van der Waals surface area contributed by atoms with Gasteiger partial charge in [0.25, 0.3) is 0 Å². The van der Waals surface area contributed by atoms with E-state index in [0.717, 1.165) is 0 Å². The van der Waals surface area contributed by atoms with Crippen molar-refractivity contribution < 1.29 is 18.7 Å². The molecular weight excluding hydrogens is 315 g/mol. The van der Waals surface area contributed by atoms with Crippen molar-refractivity contribution in [1.82, 2.24) is 9.97 Å². The first-order valence-corrected chi connectivity index (χ1v) is 7.15. The molecule has 3 N–H and O–H groups in total. The Hall–Kier alpha value is -3.34. The lowest BCUT2D eigenvalue weighted by Gasteiger charge is -2.22. The van der Waals surface area contributed by atoms with Crippen LogP contribution in [-0.2, 0) is 4.74 Å². The van der Waals surface area contributed by atoms with Crippen LogP contribution in [0.3, 0.4) is 0 Å². The molecule has 3 rings (SSSR count). The molecule has 2 aromatic rings. The maximum Gasteiger partial charge on any atom is 0.374 e. The second-order valence-electron chi connectivity index (χ2n) is 5.00. The van der Waals surface area contributed by atoms with Gasteiger partial charge >= 0.3 is 5.97 Å². The van der Waals surface area contributed by atoms with Gasteiger partial charge in [-0.25, -0.2) is 9.18 Å². The molecule has 0 bridgehead atoms. The number of H-pyrrole nitrogens is 1. The molecule has 1 aliphatic heterocycles. The SMILES string of the molecule is CCOC(=O)c1nc2c([nH]1)[C@H](c1ccc(F)cc1)C(C#N)=C(N)O2. The molecule has 1 aliphatic rings. The quantitative estimate of drug-likeness (QED) is 0.832. The van der Waals surface area contributed by atoms with Crippen LogP contribution < -0.4 is 10.5 Å². The van der Waals surface area contributed by atoms with Crippen molar-refractivity contribution in [3.63, 3.8) is 0 Å². The number of halogens is 1. The number of allylic oxidation sites excluding steroid dienone is 1. The number of nitriles is 1. The molecule has 8 heteroatoms. The van der Waals surface area contributed by atoms with Crippen LogP contribution in [-0.4, -0.2) is 22.5 Å². The van der Waals surface area contributed by atoms with E-state index in [0.29, 0.717) is 11.3 Å². The number of nitrogens with one attached hydrogen (secondary N) is 1. The number of hydrogen-bond donors (Lipinski definition) is 2. The van der Waals surface area contributed by atoms with E-state index in [1.807, 2.05) is 6.07 Å². The summed E-state index contributed by atoms with van der Waals surface area (Å²) in [5.41, 5.74) is 6.94. The van der Waals surface area contributed by atoms with Crippen LogP contribution in [0.2, 0.25) is 0 Å². The van der Waals surface area contributed by atoms with E-state index in [-0.39, 0.29) is 29.8 Å². The summed E-state index contributed by atoms with van der Waals surface area (Å²) in [5, 5.41) is 9.41. The normalized spacial score (nSPS) is 16.1. The highest BCUT2D eigenvalue weighted by Crippen LogP contribution is 2.40. The van der Waals surface area contributed by atoms with Crippen LogP contribution in [0.25, 0.3) is 0 Å². The number of rotatable bonds is 3. The van der Waals surface area contributed by atoms with E-state index in [2.05, 4.69) is 9.97 Å². The van der Waals surface area contributed by atoms with E-state index in [4.69, 9.17) is 15.2 Å². The van der Waals surface area contributed by atoms with Crippen LogP contribution in [0.4, 0.5) is 4.39 Å². The lowest BCUT2D eigenvalue weighted by atomic mass is 9.88. The van der Waals surface area contributed by atoms with Gasteiger partial charge < -0.3 is 20.2 Å². The molecule has 1 aromatic carbocycles. The maximum atomic E-state index is 13.2. The summed E-state index contributed by atoms with van der Waals surface area (Å²) < 4.78 is 23.4. The topological polar surface area (TPSA) is 114 Å². The molecule has 2 heterocycles. The third kappa shape index (κ3) is 2.56. The summed E-state index contributed by atoms with van der Waals surface area (Å²) in [7, 11) is 0. The molecule has 0 spiro atoms. The standard InChI is InChI=1S/C16H13FN4O3/c1-2-23-16(22)14-20-12-11(8-3-5-9(17)6-4-8)10(7-18)13(19)24-15(12)21-14/h3-6,11H,2,19H2,1H3,(H,20,21)/t11-/m1/s1. The first-order valence-electron chi connectivity index (χ1n) is 7.15. The molecule has 0 saturated carbocycles. The van der Waals surface area contributed by atoms with Gasteiger partial charge in [0.15, 0.2) is 0 Å². The number of imidazole rings is 1. The fourth-order valence-corrected chi connectivity index (χ4v) is 2.49. The zero-order valence-electron chi connectivity index (χ0n) is 12.7. The molecule has 0 saturated heterocycles. The number of nitrogens with two attached hydrogens (primary N) is 1. The Morgan fingerprint density at radius 2 is 2.21 bits per heavy atom. The molecule has 7 nitrogen and oxygen atoms in total. The zero-order chi connectivity index (χ0) is 17.3. The number of carbonyl (C=O) groups is 1. The summed E-state index contributed by atoms with van der Waals surface area (Å²) in [4.78, 5) is 18.7. The van der Waals surface area contributed by atoms with E-state index >= 15 is 0 Å². The number of benzene rings is 1. The van der Waals surface area contributed by atoms with Crippen molar-refractivity contribution in [2.45, 2.75) is 12.8 Å². The molecule has 0 fully saturated rings. The van der Waals surface area contributed by atoms with Gasteiger partial charge in [0.05, 0.1) is 18.2 Å². The third-order valence-corrected chi connectivity index (χ3v) is 3.54. The Bertz CT molecular complexity index is 864. The fraction of sp³-hybridized carbons (Fsp3) is 0.188. The number of aromatic amines is 1. The summed E-state index contributed by atoms with van der Waals surface area (Å²) in [6.45, 7) is 1.86. The average Bonchev–Trinajstić information content (AvgIpc) is 2.98.